The van der Waals surface area contributed by atoms with Crippen LogP contribution in [0.5, 0.6) is 0 Å². The topological polar surface area (TPSA) is 411 Å². The van der Waals surface area contributed by atoms with Gasteiger partial charge in [-0.1, -0.05) is 6.42 Å². The molecule has 0 fully saturated rings. The van der Waals surface area contributed by atoms with Crippen LogP contribution in [0.1, 0.15) is 103 Å². The van der Waals surface area contributed by atoms with Gasteiger partial charge < -0.3 is 80.0 Å². The molecule has 0 radical (unpaired) electrons. The fourth-order valence-electron chi connectivity index (χ4n) is 7.10. The number of hydrogen-bond donors (Lipinski definition) is 16. The number of H-pyrrole nitrogens is 1. The number of carbonyl (C=O) groups excluding carboxylic acids is 7. The zero-order valence-corrected chi connectivity index (χ0v) is 41.1. The number of carbonyl (C=O) groups is 7. The summed E-state index contributed by atoms with van der Waals surface area (Å²) in [6, 6.07) is -3.11. The third-order valence-corrected chi connectivity index (χ3v) is 11.0. The van der Waals surface area contributed by atoms with E-state index < -0.39 is 53.8 Å². The number of aliphatic hydroxyl groups is 1. The molecule has 4 atom stereocenters. The van der Waals surface area contributed by atoms with E-state index in [9.17, 15) is 38.7 Å². The highest BCUT2D eigenvalue weighted by molar-refractivity contribution is 7.80. The van der Waals surface area contributed by atoms with E-state index in [1.165, 1.54) is 23.1 Å². The predicted octanol–water partition coefficient (Wildman–Crippen LogP) is -3.05. The van der Waals surface area contributed by atoms with E-state index in [0.717, 1.165) is 12.8 Å². The maximum atomic E-state index is 14.3. The van der Waals surface area contributed by atoms with Crippen LogP contribution in [0.25, 0.3) is 0 Å². The fraction of sp³-hybridized carbons (Fsp3) is 0.721. The quantitative estimate of drug-likeness (QED) is 0.0135. The second kappa shape index (κ2) is 37.2. The lowest BCUT2D eigenvalue weighted by atomic mass is 10.0. The third kappa shape index (κ3) is 28.4. The zero-order valence-electron chi connectivity index (χ0n) is 40.3. The largest absolute Gasteiger partial charge is 0.393 e. The van der Waals surface area contributed by atoms with E-state index in [4.69, 9.17) is 33.8 Å². The van der Waals surface area contributed by atoms with E-state index in [1.54, 1.807) is 6.20 Å². The van der Waals surface area contributed by atoms with E-state index in [-0.39, 0.29) is 114 Å². The van der Waals surface area contributed by atoms with Gasteiger partial charge in [-0.25, -0.2) is 4.98 Å². The molecule has 1 aromatic rings. The van der Waals surface area contributed by atoms with Crippen LogP contribution in [0.3, 0.4) is 0 Å². The smallest absolute Gasteiger partial charge is 0.243 e. The van der Waals surface area contributed by atoms with Gasteiger partial charge in [0.05, 0.1) is 24.5 Å². The molecular weight excluding hydrogens is 915 g/mol. The highest BCUT2D eigenvalue weighted by Crippen LogP contribution is 2.15. The van der Waals surface area contributed by atoms with E-state index >= 15 is 0 Å². The van der Waals surface area contributed by atoms with Gasteiger partial charge in [-0.2, -0.15) is 12.6 Å². The highest BCUT2D eigenvalue weighted by Gasteiger charge is 2.32. The lowest BCUT2D eigenvalue weighted by Gasteiger charge is -2.33. The standard InChI is InChI=1S/C43H81N17O8S/c1-30(61)26-36(63)58-32(28-69)39(66)53-22-24-59(37(64)13-5-8-18-55-42(46)47)33(10-4-7-17-45)41(68)54-23-25-60(38(65)15-14-31-27-50-29-57-31)34(11-9-19-56-43(48)49)40(67)52-21-20-51-35(62)12-3-2-6-16-44/h27,29-30,32-34,61,69H,2-26,28,44-45H2,1H3,(H,50,57)(H,51,62)(H,52,67)(H,53,66)(H,54,68)(H,58,63)(H4,46,47,55)(H4,48,49,56). The maximum absolute atomic E-state index is 14.3. The molecule has 4 unspecified atom stereocenters. The molecule has 0 aliphatic rings. The SMILES string of the molecule is CC(O)CC(=O)NC(CS)C(=O)NCCN(C(=O)CCCCNC(=N)N)C(CCCCN)C(=O)NCCN(C(=O)CCc1c[nH]cn1)C(CCCNC(=N)N)C(=O)NCCNC(=O)CCCCCN. The van der Waals surface area contributed by atoms with Crippen LogP contribution in [-0.2, 0) is 40.0 Å². The molecule has 69 heavy (non-hydrogen) atoms. The van der Waals surface area contributed by atoms with Crippen molar-refractivity contribution in [1.82, 2.24) is 57.0 Å². The van der Waals surface area contributed by atoms with Crippen molar-refractivity contribution in [2.75, 3.05) is 71.2 Å². The van der Waals surface area contributed by atoms with Crippen LogP contribution in [0.2, 0.25) is 0 Å². The summed E-state index contributed by atoms with van der Waals surface area (Å²) in [6.07, 6.45) is 7.48. The second-order valence-corrected chi connectivity index (χ2v) is 16.9. The number of thiol groups is 1. The van der Waals surface area contributed by atoms with Crippen molar-refractivity contribution in [2.24, 2.45) is 22.9 Å². The van der Waals surface area contributed by atoms with Crippen molar-refractivity contribution < 1.29 is 38.7 Å². The normalized spacial score (nSPS) is 12.6. The Kier molecular flexibility index (Phi) is 33.0. The predicted molar refractivity (Wildman–Crippen MR) is 265 cm³/mol. The fourth-order valence-corrected chi connectivity index (χ4v) is 7.35. The number of aryl methyl sites for hydroxylation is 1. The van der Waals surface area contributed by atoms with Gasteiger partial charge in [0, 0.05) is 83.6 Å². The Morgan fingerprint density at radius 3 is 1.77 bits per heavy atom. The number of nitrogens with one attached hydrogen (secondary N) is 10. The Bertz CT molecular complexity index is 1710. The number of amides is 7. The zero-order chi connectivity index (χ0) is 51.4. The summed E-state index contributed by atoms with van der Waals surface area (Å²) < 4.78 is 0. The average Bonchev–Trinajstić information content (AvgIpc) is 3.83. The number of hydrogen-bond acceptors (Lipinski definition) is 14. The summed E-state index contributed by atoms with van der Waals surface area (Å²) in [5, 5.41) is 43.7. The van der Waals surface area contributed by atoms with Gasteiger partial charge >= 0.3 is 0 Å². The number of nitrogens with zero attached hydrogens (tertiary/aromatic N) is 3. The molecule has 0 saturated carbocycles. The molecule has 26 heteroatoms. The van der Waals surface area contributed by atoms with Gasteiger partial charge in [-0.3, -0.25) is 44.4 Å². The molecule has 1 aromatic heterocycles. The first-order chi connectivity index (χ1) is 33.0. The molecule has 0 aliphatic heterocycles. The van der Waals surface area contributed by atoms with Crippen molar-refractivity contribution in [2.45, 2.75) is 127 Å². The second-order valence-electron chi connectivity index (χ2n) is 16.5. The van der Waals surface area contributed by atoms with Crippen molar-refractivity contribution in [3.05, 3.63) is 18.2 Å². The Morgan fingerprint density at radius 1 is 0.667 bits per heavy atom. The Morgan fingerprint density at radius 2 is 1.20 bits per heavy atom. The summed E-state index contributed by atoms with van der Waals surface area (Å²) in [5.41, 5.74) is 22.9. The molecular formula is C43H81N17O8S. The number of nitrogens with two attached hydrogens (primary N) is 4. The van der Waals surface area contributed by atoms with Gasteiger partial charge in [0.25, 0.3) is 0 Å². The maximum Gasteiger partial charge on any atom is 0.243 e. The molecule has 7 amide bonds. The summed E-state index contributed by atoms with van der Waals surface area (Å²) >= 11 is 4.19. The van der Waals surface area contributed by atoms with Crippen LogP contribution in [0, 0.1) is 10.8 Å². The highest BCUT2D eigenvalue weighted by atomic mass is 32.1. The molecule has 1 heterocycles. The lowest BCUT2D eigenvalue weighted by molar-refractivity contribution is -0.142. The number of imidazole rings is 1. The van der Waals surface area contributed by atoms with Crippen molar-refractivity contribution in [1.29, 1.82) is 10.8 Å². The number of aliphatic hydroxyl groups excluding tert-OH is 1. The first kappa shape index (κ1) is 61.3. The number of aromatic amines is 1. The van der Waals surface area contributed by atoms with E-state index in [2.05, 4.69) is 59.8 Å². The van der Waals surface area contributed by atoms with Gasteiger partial charge in [0.1, 0.15) is 18.1 Å². The van der Waals surface area contributed by atoms with Crippen molar-refractivity contribution >= 4 is 65.9 Å². The third-order valence-electron chi connectivity index (χ3n) is 10.7. The Labute approximate surface area is 411 Å². The van der Waals surface area contributed by atoms with Gasteiger partial charge in [0.2, 0.25) is 41.4 Å². The molecule has 392 valence electrons. The minimum Gasteiger partial charge on any atom is -0.393 e. The monoisotopic (exact) mass is 996 g/mol. The molecule has 1 rings (SSSR count). The minimum atomic E-state index is -1.04. The molecule has 19 N–H and O–H groups in total. The number of aromatic nitrogens is 2. The summed E-state index contributed by atoms with van der Waals surface area (Å²) in [7, 11) is 0. The Balaban J connectivity index is 3.40. The van der Waals surface area contributed by atoms with Crippen LogP contribution >= 0.6 is 12.6 Å². The van der Waals surface area contributed by atoms with E-state index in [0.29, 0.717) is 70.3 Å². The van der Waals surface area contributed by atoms with Crippen LogP contribution in [0.15, 0.2) is 12.5 Å². The first-order valence-electron chi connectivity index (χ1n) is 23.8. The van der Waals surface area contributed by atoms with Crippen LogP contribution < -0.4 is 60.2 Å². The molecule has 0 bridgehead atoms. The summed E-state index contributed by atoms with van der Waals surface area (Å²) in [6.45, 7) is 2.70. The van der Waals surface area contributed by atoms with E-state index in [1.807, 2.05) is 0 Å². The van der Waals surface area contributed by atoms with Gasteiger partial charge in [0.15, 0.2) is 11.9 Å². The van der Waals surface area contributed by atoms with Gasteiger partial charge in [-0.05, 0) is 84.2 Å². The molecule has 25 nitrogen and oxygen atoms in total. The van der Waals surface area contributed by atoms with Crippen LogP contribution in [-0.4, -0.2) is 174 Å². The lowest BCUT2D eigenvalue weighted by Crippen LogP contribution is -2.55. The summed E-state index contributed by atoms with van der Waals surface area (Å²) in [5.74, 6) is -3.63. The van der Waals surface area contributed by atoms with Crippen LogP contribution in [0.4, 0.5) is 0 Å². The molecule has 0 aromatic carbocycles. The number of rotatable bonds is 39. The molecule has 0 saturated heterocycles. The number of guanidine groups is 2. The van der Waals surface area contributed by atoms with Crippen molar-refractivity contribution in [3.8, 4) is 0 Å². The number of unbranched alkanes of at least 4 members (excludes halogenated alkanes) is 4. The first-order valence-corrected chi connectivity index (χ1v) is 24.5. The minimum absolute atomic E-state index is 0.0227. The average molecular weight is 996 g/mol. The van der Waals surface area contributed by atoms with Gasteiger partial charge in [-0.15, -0.1) is 0 Å². The molecule has 0 aliphatic carbocycles. The Hall–Kier alpha value is -5.73. The molecule has 0 spiro atoms. The van der Waals surface area contributed by atoms with Crippen molar-refractivity contribution in [3.63, 3.8) is 0 Å². The summed E-state index contributed by atoms with van der Waals surface area (Å²) in [4.78, 5) is 104.